The summed E-state index contributed by atoms with van der Waals surface area (Å²) in [6, 6.07) is 3.56. The summed E-state index contributed by atoms with van der Waals surface area (Å²) < 4.78 is 5.83. The highest BCUT2D eigenvalue weighted by atomic mass is 16.5. The maximum atomic E-state index is 12.4. The van der Waals surface area contributed by atoms with E-state index in [2.05, 4.69) is 6.92 Å². The van der Waals surface area contributed by atoms with E-state index in [1.807, 2.05) is 13.0 Å². The molecule has 1 aromatic rings. The predicted molar refractivity (Wildman–Crippen MR) is 74.4 cm³/mol. The molecule has 0 amide bonds. The molecule has 0 aromatic heterocycles. The maximum Gasteiger partial charge on any atom is 0.196 e. The Bertz CT molecular complexity index is 766. The van der Waals surface area contributed by atoms with Gasteiger partial charge in [0.2, 0.25) is 0 Å². The van der Waals surface area contributed by atoms with Gasteiger partial charge in [0.15, 0.2) is 23.4 Å². The van der Waals surface area contributed by atoms with Crippen molar-refractivity contribution in [3.8, 4) is 11.5 Å². The molecular weight excluding hydrogens is 268 g/mol. The number of carbonyl (C=O) groups excluding carboxylic acids is 1. The van der Waals surface area contributed by atoms with Crippen molar-refractivity contribution in [1.82, 2.24) is 0 Å². The van der Waals surface area contributed by atoms with Crippen LogP contribution >= 0.6 is 0 Å². The number of aliphatic hydroxyl groups is 1. The van der Waals surface area contributed by atoms with E-state index in [0.29, 0.717) is 12.2 Å². The second kappa shape index (κ2) is 2.88. The Balaban J connectivity index is 1.98. The number of phenolic OH excluding ortho intramolecular Hbond substituents is 1. The van der Waals surface area contributed by atoms with Crippen molar-refractivity contribution in [2.24, 2.45) is 5.92 Å². The van der Waals surface area contributed by atoms with Gasteiger partial charge >= 0.3 is 0 Å². The molecule has 1 spiro atoms. The predicted octanol–water partition coefficient (Wildman–Crippen LogP) is 1.57. The summed E-state index contributed by atoms with van der Waals surface area (Å²) in [6.45, 7) is 4.18. The zero-order chi connectivity index (χ0) is 14.8. The number of rotatable bonds is 0. The van der Waals surface area contributed by atoms with Crippen LogP contribution in [0.5, 0.6) is 11.5 Å². The molecule has 5 rings (SSSR count). The second-order valence-corrected chi connectivity index (χ2v) is 7.18. The zero-order valence-corrected chi connectivity index (χ0v) is 11.9. The van der Waals surface area contributed by atoms with Gasteiger partial charge in [0.05, 0.1) is 5.41 Å². The number of fused-ring (bicyclic) bond motifs is 2. The Hall–Kier alpha value is -1.81. The molecule has 1 aromatic carbocycles. The van der Waals surface area contributed by atoms with Crippen LogP contribution < -0.4 is 4.74 Å². The van der Waals surface area contributed by atoms with Gasteiger partial charge in [0, 0.05) is 5.56 Å². The summed E-state index contributed by atoms with van der Waals surface area (Å²) in [5.74, 6) is 0.308. The lowest BCUT2D eigenvalue weighted by Gasteiger charge is -2.47. The second-order valence-electron chi connectivity index (χ2n) is 7.18. The Labute approximate surface area is 122 Å². The number of aromatic hydroxyl groups is 1. The van der Waals surface area contributed by atoms with Gasteiger partial charge in [0.25, 0.3) is 0 Å². The van der Waals surface area contributed by atoms with Crippen molar-refractivity contribution in [1.29, 1.82) is 0 Å². The third-order valence-corrected chi connectivity index (χ3v) is 6.62. The van der Waals surface area contributed by atoms with Crippen LogP contribution in [0.4, 0.5) is 0 Å². The van der Waals surface area contributed by atoms with Crippen LogP contribution in [0, 0.1) is 5.92 Å². The van der Waals surface area contributed by atoms with Gasteiger partial charge in [-0.25, -0.2) is 0 Å². The standard InChI is InChI=1S/C17H16O4/c1-8-15(2)7-16-12-9(15)3-4-10(18)13(12)21-14(16)11(19)5-6-17(8,16)20/h3-6,8,14,18,20H,7H2,1-2H3. The highest BCUT2D eigenvalue weighted by Gasteiger charge is 2.79. The van der Waals surface area contributed by atoms with Crippen LogP contribution in [0.1, 0.15) is 31.4 Å². The summed E-state index contributed by atoms with van der Waals surface area (Å²) in [5.41, 5.74) is -0.0712. The highest BCUT2D eigenvalue weighted by molar-refractivity contribution is 5.99. The smallest absolute Gasteiger partial charge is 0.196 e. The van der Waals surface area contributed by atoms with Gasteiger partial charge in [-0.05, 0) is 41.5 Å². The molecule has 4 nitrogen and oxygen atoms in total. The minimum atomic E-state index is -1.09. The summed E-state index contributed by atoms with van der Waals surface area (Å²) in [7, 11) is 0. The summed E-state index contributed by atoms with van der Waals surface area (Å²) >= 11 is 0. The van der Waals surface area contributed by atoms with Crippen LogP contribution in [-0.2, 0) is 15.6 Å². The number of benzene rings is 1. The van der Waals surface area contributed by atoms with E-state index < -0.39 is 17.1 Å². The average Bonchev–Trinajstić information content (AvgIpc) is 2.98. The van der Waals surface area contributed by atoms with Gasteiger partial charge in [0.1, 0.15) is 5.60 Å². The van der Waals surface area contributed by atoms with Crippen molar-refractivity contribution in [2.45, 2.75) is 42.8 Å². The fraction of sp³-hybridized carbons (Fsp3) is 0.471. The topological polar surface area (TPSA) is 66.8 Å². The molecule has 4 heteroatoms. The molecule has 4 aliphatic rings. The molecule has 5 unspecified atom stereocenters. The molecule has 0 radical (unpaired) electrons. The zero-order valence-electron chi connectivity index (χ0n) is 11.9. The molecule has 108 valence electrons. The first-order chi connectivity index (χ1) is 9.86. The lowest BCUT2D eigenvalue weighted by Crippen LogP contribution is -2.60. The van der Waals surface area contributed by atoms with E-state index >= 15 is 0 Å². The third-order valence-electron chi connectivity index (χ3n) is 6.62. The molecule has 1 saturated carbocycles. The molecule has 1 heterocycles. The third kappa shape index (κ3) is 0.866. The van der Waals surface area contributed by atoms with Gasteiger partial charge in [-0.15, -0.1) is 0 Å². The monoisotopic (exact) mass is 284 g/mol. The first kappa shape index (κ1) is 11.8. The molecule has 1 fully saturated rings. The van der Waals surface area contributed by atoms with E-state index in [1.54, 1.807) is 12.1 Å². The minimum absolute atomic E-state index is 0.0107. The molecule has 21 heavy (non-hydrogen) atoms. The van der Waals surface area contributed by atoms with E-state index in [0.717, 1.165) is 11.1 Å². The van der Waals surface area contributed by atoms with Gasteiger partial charge in [-0.1, -0.05) is 19.9 Å². The largest absolute Gasteiger partial charge is 0.504 e. The highest BCUT2D eigenvalue weighted by Crippen LogP contribution is 2.74. The Morgan fingerprint density at radius 2 is 2.14 bits per heavy atom. The first-order valence-corrected chi connectivity index (χ1v) is 7.35. The SMILES string of the molecule is CC1C2(C)CC34c5c2ccc(O)c5OC3C(=O)C=CC14O. The normalized spacial score (nSPS) is 47.7. The van der Waals surface area contributed by atoms with Crippen LogP contribution in [0.3, 0.4) is 0 Å². The minimum Gasteiger partial charge on any atom is -0.504 e. The van der Waals surface area contributed by atoms with Crippen molar-refractivity contribution >= 4 is 5.78 Å². The van der Waals surface area contributed by atoms with E-state index in [9.17, 15) is 15.0 Å². The van der Waals surface area contributed by atoms with Gasteiger partial charge in [-0.2, -0.15) is 0 Å². The Morgan fingerprint density at radius 1 is 1.38 bits per heavy atom. The summed E-state index contributed by atoms with van der Waals surface area (Å²) in [4.78, 5) is 12.4. The van der Waals surface area contributed by atoms with Crippen molar-refractivity contribution in [3.63, 3.8) is 0 Å². The van der Waals surface area contributed by atoms with Gasteiger partial charge < -0.3 is 14.9 Å². The lowest BCUT2D eigenvalue weighted by molar-refractivity contribution is -0.131. The van der Waals surface area contributed by atoms with Crippen molar-refractivity contribution in [2.75, 3.05) is 0 Å². The van der Waals surface area contributed by atoms with Crippen molar-refractivity contribution < 1.29 is 19.7 Å². The summed E-state index contributed by atoms with van der Waals surface area (Å²) in [6.07, 6.45) is 3.07. The molecular formula is C17H16O4. The van der Waals surface area contributed by atoms with Crippen LogP contribution in [0.15, 0.2) is 24.3 Å². The van der Waals surface area contributed by atoms with E-state index in [4.69, 9.17) is 4.74 Å². The lowest BCUT2D eigenvalue weighted by atomic mass is 9.58. The Morgan fingerprint density at radius 3 is 2.90 bits per heavy atom. The number of ketones is 1. The maximum absolute atomic E-state index is 12.4. The summed E-state index contributed by atoms with van der Waals surface area (Å²) in [5, 5.41) is 21.5. The fourth-order valence-corrected chi connectivity index (χ4v) is 5.52. The van der Waals surface area contributed by atoms with E-state index in [-0.39, 0.29) is 22.9 Å². The van der Waals surface area contributed by atoms with Crippen LogP contribution in [0.2, 0.25) is 0 Å². The molecule has 3 aliphatic carbocycles. The van der Waals surface area contributed by atoms with Crippen LogP contribution in [-0.4, -0.2) is 27.7 Å². The van der Waals surface area contributed by atoms with Gasteiger partial charge in [-0.3, -0.25) is 4.79 Å². The van der Waals surface area contributed by atoms with Crippen LogP contribution in [0.25, 0.3) is 0 Å². The molecule has 2 N–H and O–H groups in total. The number of hydrogen-bond donors (Lipinski definition) is 2. The first-order valence-electron chi connectivity index (χ1n) is 7.35. The van der Waals surface area contributed by atoms with E-state index in [1.165, 1.54) is 6.08 Å². The molecule has 5 atom stereocenters. The average molecular weight is 284 g/mol. The molecule has 2 bridgehead atoms. The number of phenols is 1. The quantitative estimate of drug-likeness (QED) is 0.759. The van der Waals surface area contributed by atoms with Crippen molar-refractivity contribution in [3.05, 3.63) is 35.4 Å². The number of ether oxygens (including phenoxy) is 1. The Kier molecular flexibility index (Phi) is 1.62. The molecule has 0 saturated heterocycles. The fourth-order valence-electron chi connectivity index (χ4n) is 5.52. The number of hydrogen-bond acceptors (Lipinski definition) is 4. The molecule has 1 aliphatic heterocycles. The number of carbonyl (C=O) groups is 1.